The molecule has 0 bridgehead atoms. The average molecular weight is 1310 g/mol. The second-order valence-corrected chi connectivity index (χ2v) is 24.7. The van der Waals surface area contributed by atoms with Gasteiger partial charge >= 0.3 is 18.5 Å². The van der Waals surface area contributed by atoms with Crippen molar-refractivity contribution in [1.82, 2.24) is 53.9 Å². The van der Waals surface area contributed by atoms with Gasteiger partial charge in [-0.3, -0.25) is 4.79 Å². The zero-order chi connectivity index (χ0) is 66.7. The molecule has 9 aromatic rings. The Morgan fingerprint density at radius 1 is 0.645 bits per heavy atom. The lowest BCUT2D eigenvalue weighted by Gasteiger charge is -2.36. The molecule has 12 rings (SSSR count). The number of nitrogens with one attached hydrogen (secondary N) is 3. The third-order valence-electron chi connectivity index (χ3n) is 16.6. The number of nitrogen functional groups attached to an aromatic ring is 1. The summed E-state index contributed by atoms with van der Waals surface area (Å²) in [6.45, 7) is 21.5. The van der Waals surface area contributed by atoms with Gasteiger partial charge in [-0.25, -0.2) is 29.0 Å². The second-order valence-electron chi connectivity index (χ2n) is 23.7. The molecule has 492 valence electrons. The Morgan fingerprint density at radius 3 is 1.85 bits per heavy atom. The highest BCUT2D eigenvalue weighted by molar-refractivity contribution is 7.19. The summed E-state index contributed by atoms with van der Waals surface area (Å²) in [7, 11) is 2.02. The molecule has 3 atom stereocenters. The molecule has 1 aliphatic carbocycles. The van der Waals surface area contributed by atoms with Gasteiger partial charge in [-0.1, -0.05) is 36.9 Å². The minimum atomic E-state index is -4.45. The van der Waals surface area contributed by atoms with E-state index in [1.54, 1.807) is 76.5 Å². The molecule has 2 fully saturated rings. The number of benzene rings is 3. The van der Waals surface area contributed by atoms with Crippen LogP contribution in [0, 0.1) is 13.8 Å². The number of nitrogens with zero attached hydrogens (tertiary/aromatic N) is 12. The Bertz CT molecular complexity index is 4180. The van der Waals surface area contributed by atoms with Crippen LogP contribution < -0.4 is 26.6 Å². The molecule has 0 spiro atoms. The van der Waals surface area contributed by atoms with E-state index in [0.717, 1.165) is 110 Å². The van der Waals surface area contributed by atoms with Crippen LogP contribution in [0.25, 0.3) is 26.8 Å². The number of thiophene rings is 1. The fraction of sp³-hybridized carbons (Fsp3) is 0.379. The van der Waals surface area contributed by atoms with E-state index in [1.807, 2.05) is 40.1 Å². The number of alkyl halides is 9. The number of halogens is 9. The Balaban J connectivity index is 0.000000153. The maximum absolute atomic E-state index is 13.2. The molecule has 5 N–H and O–H groups in total. The summed E-state index contributed by atoms with van der Waals surface area (Å²) in [4.78, 5) is 41.4. The van der Waals surface area contributed by atoms with E-state index in [-0.39, 0.29) is 17.6 Å². The molecular formula is C66H73F9N16OS. The molecule has 27 heteroatoms. The van der Waals surface area contributed by atoms with Gasteiger partial charge in [0.2, 0.25) is 0 Å². The van der Waals surface area contributed by atoms with Crippen LogP contribution in [0.3, 0.4) is 0 Å². The van der Waals surface area contributed by atoms with Crippen LogP contribution in [0.2, 0.25) is 0 Å². The number of allylic oxidation sites excluding steroid dienone is 3. The first kappa shape index (κ1) is 66.9. The molecule has 0 saturated carbocycles. The number of carbonyl (C=O) groups is 1. The molecule has 6 aromatic heterocycles. The predicted octanol–water partition coefficient (Wildman–Crippen LogP) is 14.9. The summed E-state index contributed by atoms with van der Waals surface area (Å²) in [5.74, 6) is 2.13. The minimum absolute atomic E-state index is 0.0829. The summed E-state index contributed by atoms with van der Waals surface area (Å²) in [5, 5.41) is 19.3. The van der Waals surface area contributed by atoms with Crippen LogP contribution in [0.1, 0.15) is 132 Å². The lowest BCUT2D eigenvalue weighted by Crippen LogP contribution is -2.47. The summed E-state index contributed by atoms with van der Waals surface area (Å²) in [6, 6.07) is 18.7. The highest BCUT2D eigenvalue weighted by atomic mass is 32.1. The molecule has 2 aliphatic heterocycles. The molecule has 3 aromatic carbocycles. The van der Waals surface area contributed by atoms with E-state index in [9.17, 15) is 44.3 Å². The summed E-state index contributed by atoms with van der Waals surface area (Å²) < 4.78 is 121. The maximum Gasteiger partial charge on any atom is 0.416 e. The number of anilines is 5. The first-order valence-electron chi connectivity index (χ1n) is 30.5. The Hall–Kier alpha value is -8.98. The van der Waals surface area contributed by atoms with E-state index < -0.39 is 47.3 Å². The number of carbonyl (C=O) groups excluding carboxylic acids is 1. The van der Waals surface area contributed by atoms with Crippen LogP contribution in [-0.2, 0) is 18.5 Å². The maximum atomic E-state index is 13.2. The number of hydrogen-bond acceptors (Lipinski definition) is 15. The predicted molar refractivity (Wildman–Crippen MR) is 346 cm³/mol. The molecule has 2 saturated heterocycles. The van der Waals surface area contributed by atoms with E-state index >= 15 is 0 Å². The van der Waals surface area contributed by atoms with Crippen molar-refractivity contribution in [2.45, 2.75) is 104 Å². The van der Waals surface area contributed by atoms with Crippen molar-refractivity contribution in [2.75, 3.05) is 86.0 Å². The van der Waals surface area contributed by atoms with Gasteiger partial charge in [0.05, 0.1) is 64.0 Å². The van der Waals surface area contributed by atoms with E-state index in [4.69, 9.17) is 5.73 Å². The van der Waals surface area contributed by atoms with Gasteiger partial charge in [0, 0.05) is 74.7 Å². The van der Waals surface area contributed by atoms with Gasteiger partial charge in [-0.2, -0.15) is 49.7 Å². The number of hydrogen-bond donors (Lipinski definition) is 4. The molecule has 8 heterocycles. The second kappa shape index (κ2) is 27.7. The zero-order valence-electron chi connectivity index (χ0n) is 52.5. The lowest BCUT2D eigenvalue weighted by atomic mass is 9.98. The molecule has 0 unspecified atom stereocenters. The van der Waals surface area contributed by atoms with E-state index in [1.165, 1.54) is 47.8 Å². The van der Waals surface area contributed by atoms with Crippen LogP contribution in [0.5, 0.6) is 0 Å². The monoisotopic (exact) mass is 1310 g/mol. The average Bonchev–Trinajstić information content (AvgIpc) is 1.76. The van der Waals surface area contributed by atoms with Gasteiger partial charge in [-0.15, -0.1) is 11.3 Å². The molecule has 93 heavy (non-hydrogen) atoms. The van der Waals surface area contributed by atoms with Crippen LogP contribution in [0.15, 0.2) is 122 Å². The number of nitrogens with two attached hydrogens (primary N) is 1. The number of amides is 1. The van der Waals surface area contributed by atoms with Crippen LogP contribution >= 0.6 is 11.3 Å². The normalized spacial score (nSPS) is 16.0. The Kier molecular flexibility index (Phi) is 19.9. The number of rotatable bonds is 13. The summed E-state index contributed by atoms with van der Waals surface area (Å²) in [5.41, 5.74) is 11.0. The smallest absolute Gasteiger partial charge is 0.399 e. The van der Waals surface area contributed by atoms with Crippen molar-refractivity contribution in [1.29, 1.82) is 0 Å². The van der Waals surface area contributed by atoms with Crippen molar-refractivity contribution >= 4 is 72.9 Å². The minimum Gasteiger partial charge on any atom is -0.399 e. The summed E-state index contributed by atoms with van der Waals surface area (Å²) in [6.07, 6.45) is -1.27. The third kappa shape index (κ3) is 16.3. The number of aromatic nitrogens is 8. The first-order chi connectivity index (χ1) is 44.0. The molecule has 0 radical (unpaired) electrons. The quantitative estimate of drug-likeness (QED) is 0.0633. The Labute approximate surface area is 536 Å². The highest BCUT2D eigenvalue weighted by Gasteiger charge is 2.34. The topological polar surface area (TPSA) is 178 Å². The SMILES string of the molecule is C=C(C)N1CCN(c2cc3c(N[C@H](C)c4cccc(C(F)(F)F)c4)ncnn3c2)CC1.Cc1cn2nc(C(=O)N3CCN(C)CC3)cc2c(N[C@H](C)c2cccc(C(F)(F)F)c2)n1.Cc1nc(N[C@H](C)c2cc(N)cc(C(F)(F)F)c2)c2cc(C3=CCCCC3)sc2n1. The fourth-order valence-electron chi connectivity index (χ4n) is 11.3. The first-order valence-corrected chi connectivity index (χ1v) is 31.3. The number of likely N-dealkylation sites (N-methyl/N-ethyl adjacent to an activating group) is 1. The molecule has 1 amide bonds. The molecule has 17 nitrogen and oxygen atoms in total. The van der Waals surface area contributed by atoms with Gasteiger partial charge in [0.25, 0.3) is 5.91 Å². The third-order valence-corrected chi connectivity index (χ3v) is 17.7. The van der Waals surface area contributed by atoms with Crippen molar-refractivity contribution < 1.29 is 44.3 Å². The fourth-order valence-corrected chi connectivity index (χ4v) is 12.5. The number of fused-ring (bicyclic) bond motifs is 3. The summed E-state index contributed by atoms with van der Waals surface area (Å²) >= 11 is 1.64. The van der Waals surface area contributed by atoms with Gasteiger partial charge in [-0.05, 0) is 151 Å². The van der Waals surface area contributed by atoms with Crippen molar-refractivity contribution in [3.63, 3.8) is 0 Å². The lowest BCUT2D eigenvalue weighted by molar-refractivity contribution is -0.138. The van der Waals surface area contributed by atoms with Gasteiger partial charge in [0.1, 0.15) is 33.8 Å². The number of piperazine rings is 2. The molecular weight excluding hydrogens is 1240 g/mol. The number of aryl methyl sites for hydroxylation is 2. The van der Waals surface area contributed by atoms with Crippen molar-refractivity contribution in [3.05, 3.63) is 177 Å². The zero-order valence-corrected chi connectivity index (χ0v) is 53.3. The van der Waals surface area contributed by atoms with E-state index in [2.05, 4.69) is 79.5 Å². The van der Waals surface area contributed by atoms with Crippen molar-refractivity contribution in [3.8, 4) is 0 Å². The Morgan fingerprint density at radius 2 is 1.24 bits per heavy atom. The molecule has 3 aliphatic rings. The highest BCUT2D eigenvalue weighted by Crippen LogP contribution is 2.40. The van der Waals surface area contributed by atoms with Gasteiger partial charge in [0.15, 0.2) is 17.3 Å². The van der Waals surface area contributed by atoms with Gasteiger partial charge < -0.3 is 41.3 Å². The van der Waals surface area contributed by atoms with E-state index in [0.29, 0.717) is 70.0 Å². The van der Waals surface area contributed by atoms with Crippen molar-refractivity contribution in [2.24, 2.45) is 0 Å². The standard InChI is InChI=1S/C22H25F3N6O.C22H25F3N6.C22H23F3N4S/c1-14-13-31-19(12-18(28-31)21(32)30-9-7-29(3)8-10-30)20(26-14)27-15(2)16-5-4-6-17(11-16)22(23,24)25;1-15(2)29-7-9-30(10-8-29)19-12-20-21(26-14-27-31(20)13-19)28-16(3)17-5-4-6-18(11-17)22(23,24)25;1-12(15-8-16(22(23,24)25)10-17(26)9-15)27-20-18-11-19(14-6-4-3-5-7-14)30-21(18)29-13(2)28-20/h4-6,11-13,15H,7-10H2,1-3H3,(H,26,27);4-6,11-14,16H,1,7-10H2,2-3H3,(H,26,27,28);6,8-12H,3-5,7,26H2,1-2H3,(H,27,28,29)/t15-;16-;12-/m111/s1. The van der Waals surface area contributed by atoms with Crippen LogP contribution in [0.4, 0.5) is 68.3 Å². The largest absolute Gasteiger partial charge is 0.416 e. The van der Waals surface area contributed by atoms with Crippen LogP contribution in [-0.4, -0.2) is 119 Å².